The molecule has 9 heteroatoms. The maximum absolute atomic E-state index is 12.9. The van der Waals surface area contributed by atoms with E-state index in [4.69, 9.17) is 11.6 Å². The largest absolute Gasteiger partial charge is 0.417 e. The summed E-state index contributed by atoms with van der Waals surface area (Å²) in [7, 11) is 1.48. The summed E-state index contributed by atoms with van der Waals surface area (Å²) in [5.41, 5.74) is -1.07. The zero-order valence-corrected chi connectivity index (χ0v) is 17.2. The number of carbonyl (C=O) groups excluding carboxylic acids is 2. The summed E-state index contributed by atoms with van der Waals surface area (Å²) in [6.07, 6.45) is -3.69. The van der Waals surface area contributed by atoms with Gasteiger partial charge in [0, 0.05) is 24.1 Å². The number of alkyl halides is 3. The van der Waals surface area contributed by atoms with Crippen LogP contribution in [-0.2, 0) is 15.8 Å². The second kappa shape index (κ2) is 10.5. The first-order valence-corrected chi connectivity index (χ1v) is 10.1. The van der Waals surface area contributed by atoms with Crippen LogP contribution in [0.15, 0.2) is 53.4 Å². The fourth-order valence-corrected chi connectivity index (χ4v) is 3.54. The molecule has 0 spiro atoms. The second-order valence-electron chi connectivity index (χ2n) is 6.26. The molecule has 0 heterocycles. The van der Waals surface area contributed by atoms with E-state index in [9.17, 15) is 22.8 Å². The molecule has 156 valence electrons. The number of carbonyl (C=O) groups is 2. The highest BCUT2D eigenvalue weighted by Crippen LogP contribution is 2.36. The predicted octanol–water partition coefficient (Wildman–Crippen LogP) is 5.33. The smallest absolute Gasteiger partial charge is 0.336 e. The number of benzene rings is 2. The Hall–Kier alpha value is -2.19. The van der Waals surface area contributed by atoms with Gasteiger partial charge in [-0.1, -0.05) is 29.8 Å². The zero-order chi connectivity index (χ0) is 21.4. The number of amides is 2. The minimum Gasteiger partial charge on any atom is -0.336 e. The first-order chi connectivity index (χ1) is 13.7. The Balaban J connectivity index is 1.78. The van der Waals surface area contributed by atoms with Gasteiger partial charge >= 0.3 is 6.18 Å². The highest BCUT2D eigenvalue weighted by Gasteiger charge is 2.33. The number of hydrogen-bond donors (Lipinski definition) is 1. The quantitative estimate of drug-likeness (QED) is 0.442. The average Bonchev–Trinajstić information content (AvgIpc) is 2.66. The maximum atomic E-state index is 12.9. The van der Waals surface area contributed by atoms with Crippen molar-refractivity contribution in [1.82, 2.24) is 4.90 Å². The first kappa shape index (κ1) is 23.1. The molecule has 0 atom stereocenters. The van der Waals surface area contributed by atoms with E-state index in [0.29, 0.717) is 6.42 Å². The Morgan fingerprint density at radius 1 is 1.14 bits per heavy atom. The van der Waals surface area contributed by atoms with Crippen molar-refractivity contribution < 1.29 is 22.8 Å². The van der Waals surface area contributed by atoms with Gasteiger partial charge in [-0.15, -0.1) is 11.8 Å². The van der Waals surface area contributed by atoms with E-state index in [2.05, 4.69) is 5.32 Å². The number of nitrogens with one attached hydrogen (secondary N) is 1. The van der Waals surface area contributed by atoms with Crippen LogP contribution in [0, 0.1) is 0 Å². The minimum absolute atomic E-state index is 0.0353. The van der Waals surface area contributed by atoms with Gasteiger partial charge in [0.1, 0.15) is 0 Å². The van der Waals surface area contributed by atoms with E-state index in [1.807, 2.05) is 30.3 Å². The lowest BCUT2D eigenvalue weighted by molar-refractivity contribution is -0.137. The van der Waals surface area contributed by atoms with E-state index in [1.165, 1.54) is 18.0 Å². The van der Waals surface area contributed by atoms with Crippen LogP contribution in [0.5, 0.6) is 0 Å². The molecule has 0 bridgehead atoms. The van der Waals surface area contributed by atoms with Crippen molar-refractivity contribution in [2.45, 2.75) is 23.9 Å². The predicted molar refractivity (Wildman–Crippen MR) is 109 cm³/mol. The van der Waals surface area contributed by atoms with Crippen LogP contribution in [0.1, 0.15) is 18.4 Å². The zero-order valence-electron chi connectivity index (χ0n) is 15.6. The van der Waals surface area contributed by atoms with Crippen LogP contribution in [-0.4, -0.2) is 36.1 Å². The lowest BCUT2D eigenvalue weighted by Crippen LogP contribution is -2.34. The van der Waals surface area contributed by atoms with Crippen molar-refractivity contribution >= 4 is 40.9 Å². The Labute approximate surface area is 176 Å². The Kier molecular flexibility index (Phi) is 8.40. The number of likely N-dealkylation sites (N-methyl/N-ethyl adjacent to an activating group) is 1. The number of anilines is 1. The van der Waals surface area contributed by atoms with E-state index >= 15 is 0 Å². The van der Waals surface area contributed by atoms with Crippen molar-refractivity contribution in [2.75, 3.05) is 24.7 Å². The second-order valence-corrected chi connectivity index (χ2v) is 7.83. The van der Waals surface area contributed by atoms with Gasteiger partial charge in [-0.25, -0.2) is 0 Å². The summed E-state index contributed by atoms with van der Waals surface area (Å²) in [6, 6.07) is 12.9. The number of rotatable bonds is 8. The molecule has 0 unspecified atom stereocenters. The molecule has 0 saturated heterocycles. The summed E-state index contributed by atoms with van der Waals surface area (Å²) in [6.45, 7) is -0.255. The topological polar surface area (TPSA) is 49.4 Å². The third kappa shape index (κ3) is 7.62. The van der Waals surface area contributed by atoms with Gasteiger partial charge in [-0.3, -0.25) is 9.59 Å². The van der Waals surface area contributed by atoms with Crippen LogP contribution in [0.25, 0.3) is 0 Å². The summed E-state index contributed by atoms with van der Waals surface area (Å²) >= 11 is 7.20. The van der Waals surface area contributed by atoms with E-state index in [-0.39, 0.29) is 24.6 Å². The Morgan fingerprint density at radius 2 is 1.83 bits per heavy atom. The number of nitrogens with zero attached hydrogens (tertiary/aromatic N) is 1. The third-order valence-electron chi connectivity index (χ3n) is 3.91. The fraction of sp³-hybridized carbons (Fsp3) is 0.300. The number of hydrogen-bond acceptors (Lipinski definition) is 3. The Bertz CT molecular complexity index is 847. The van der Waals surface area contributed by atoms with Gasteiger partial charge < -0.3 is 10.2 Å². The van der Waals surface area contributed by atoms with Crippen LogP contribution in [0.4, 0.5) is 18.9 Å². The third-order valence-corrected chi connectivity index (χ3v) is 5.34. The Morgan fingerprint density at radius 3 is 2.48 bits per heavy atom. The summed E-state index contributed by atoms with van der Waals surface area (Å²) < 4.78 is 38.7. The molecule has 0 radical (unpaired) electrons. The van der Waals surface area contributed by atoms with Gasteiger partial charge in [0.15, 0.2) is 0 Å². The SMILES string of the molecule is CN(CC(=O)Nc1ccc(Cl)c(C(F)(F)F)c1)C(=O)CCCSc1ccccc1. The van der Waals surface area contributed by atoms with E-state index in [0.717, 1.165) is 22.8 Å². The lowest BCUT2D eigenvalue weighted by atomic mass is 10.2. The summed E-state index contributed by atoms with van der Waals surface area (Å²) in [5, 5.41) is 1.91. The highest BCUT2D eigenvalue weighted by atomic mass is 35.5. The van der Waals surface area contributed by atoms with E-state index in [1.54, 1.807) is 11.8 Å². The van der Waals surface area contributed by atoms with Crippen molar-refractivity contribution in [2.24, 2.45) is 0 Å². The molecule has 0 saturated carbocycles. The number of thioether (sulfide) groups is 1. The van der Waals surface area contributed by atoms with Crippen molar-refractivity contribution in [1.29, 1.82) is 0 Å². The molecule has 1 N–H and O–H groups in total. The van der Waals surface area contributed by atoms with Crippen LogP contribution < -0.4 is 5.32 Å². The van der Waals surface area contributed by atoms with Gasteiger partial charge in [-0.05, 0) is 42.5 Å². The summed E-state index contributed by atoms with van der Waals surface area (Å²) in [5.74, 6) is -0.0308. The molecule has 29 heavy (non-hydrogen) atoms. The molecule has 2 aromatic carbocycles. The van der Waals surface area contributed by atoms with E-state index < -0.39 is 22.7 Å². The van der Waals surface area contributed by atoms with Crippen molar-refractivity contribution in [3.05, 3.63) is 59.1 Å². The van der Waals surface area contributed by atoms with Crippen LogP contribution in [0.3, 0.4) is 0 Å². The molecule has 0 aliphatic heterocycles. The first-order valence-electron chi connectivity index (χ1n) is 8.75. The van der Waals surface area contributed by atoms with Crippen LogP contribution >= 0.6 is 23.4 Å². The monoisotopic (exact) mass is 444 g/mol. The molecule has 0 aliphatic carbocycles. The standard InChI is InChI=1S/C20H20ClF3N2O2S/c1-26(19(28)8-5-11-29-15-6-3-2-4-7-15)13-18(27)25-14-9-10-17(21)16(12-14)20(22,23)24/h2-4,6-7,9-10,12H,5,8,11,13H2,1H3,(H,25,27). The van der Waals surface area contributed by atoms with Crippen LogP contribution in [0.2, 0.25) is 5.02 Å². The normalized spacial score (nSPS) is 11.2. The van der Waals surface area contributed by atoms with Gasteiger partial charge in [0.2, 0.25) is 11.8 Å². The summed E-state index contributed by atoms with van der Waals surface area (Å²) in [4.78, 5) is 26.6. The van der Waals surface area contributed by atoms with Gasteiger partial charge in [-0.2, -0.15) is 13.2 Å². The highest BCUT2D eigenvalue weighted by molar-refractivity contribution is 7.99. The lowest BCUT2D eigenvalue weighted by Gasteiger charge is -2.17. The molecule has 0 aromatic heterocycles. The maximum Gasteiger partial charge on any atom is 0.417 e. The minimum atomic E-state index is -4.62. The number of halogens is 4. The molecule has 2 aromatic rings. The molecule has 2 rings (SSSR count). The molecular formula is C20H20ClF3N2O2S. The van der Waals surface area contributed by atoms with Gasteiger partial charge in [0.05, 0.1) is 17.1 Å². The fourth-order valence-electron chi connectivity index (χ4n) is 2.45. The molecule has 0 fully saturated rings. The molecular weight excluding hydrogens is 425 g/mol. The molecule has 0 aliphatic rings. The molecule has 4 nitrogen and oxygen atoms in total. The molecule has 2 amide bonds. The van der Waals surface area contributed by atoms with Crippen molar-refractivity contribution in [3.8, 4) is 0 Å². The van der Waals surface area contributed by atoms with Crippen molar-refractivity contribution in [3.63, 3.8) is 0 Å². The van der Waals surface area contributed by atoms with Gasteiger partial charge in [0.25, 0.3) is 0 Å². The average molecular weight is 445 g/mol.